The maximum absolute atomic E-state index is 15.0. The number of aromatic nitrogens is 1. The van der Waals surface area contributed by atoms with Gasteiger partial charge in [-0.1, -0.05) is 35.9 Å². The molecule has 1 saturated carbocycles. The highest BCUT2D eigenvalue weighted by Crippen LogP contribution is 2.47. The van der Waals surface area contributed by atoms with E-state index in [2.05, 4.69) is 10.3 Å². The van der Waals surface area contributed by atoms with Crippen molar-refractivity contribution in [3.8, 4) is 6.07 Å². The number of carbonyl (C=O) groups excluding carboxylic acids is 3. The van der Waals surface area contributed by atoms with Crippen LogP contribution in [0.15, 0.2) is 60.8 Å². The summed E-state index contributed by atoms with van der Waals surface area (Å²) in [5.74, 6) is -5.43. The lowest BCUT2D eigenvalue weighted by Crippen LogP contribution is -2.64. The van der Waals surface area contributed by atoms with Gasteiger partial charge in [-0.15, -0.1) is 0 Å². The monoisotopic (exact) mass is 607 g/mol. The lowest BCUT2D eigenvalue weighted by atomic mass is 9.83. The fourth-order valence-corrected chi connectivity index (χ4v) is 6.48. The zero-order valence-corrected chi connectivity index (χ0v) is 23.5. The molecule has 3 aliphatic rings. The summed E-state index contributed by atoms with van der Waals surface area (Å²) >= 11 is 5.99. The van der Waals surface area contributed by atoms with Crippen molar-refractivity contribution in [1.82, 2.24) is 10.3 Å². The number of rotatable bonds is 6. The van der Waals surface area contributed by atoms with E-state index >= 15 is 0 Å². The van der Waals surface area contributed by atoms with E-state index < -0.39 is 59.9 Å². The number of amides is 3. The van der Waals surface area contributed by atoms with Crippen molar-refractivity contribution in [3.05, 3.63) is 88.3 Å². The van der Waals surface area contributed by atoms with Crippen LogP contribution < -0.4 is 15.1 Å². The van der Waals surface area contributed by atoms with E-state index in [1.165, 1.54) is 40.3 Å². The average Bonchev–Trinajstić information content (AvgIpc) is 3.55. The minimum absolute atomic E-state index is 0.00930. The Kier molecular flexibility index (Phi) is 7.13. The van der Waals surface area contributed by atoms with Gasteiger partial charge in [-0.2, -0.15) is 5.26 Å². The van der Waals surface area contributed by atoms with Crippen molar-refractivity contribution in [1.29, 1.82) is 5.26 Å². The summed E-state index contributed by atoms with van der Waals surface area (Å²) in [6.45, 7) is 0. The summed E-state index contributed by atoms with van der Waals surface area (Å²) in [4.78, 5) is 48.9. The lowest BCUT2D eigenvalue weighted by Gasteiger charge is -2.45. The number of benzene rings is 2. The Morgan fingerprint density at radius 1 is 1.12 bits per heavy atom. The van der Waals surface area contributed by atoms with Crippen LogP contribution in [-0.4, -0.2) is 40.7 Å². The van der Waals surface area contributed by atoms with Gasteiger partial charge < -0.3 is 5.32 Å². The highest BCUT2D eigenvalue weighted by Gasteiger charge is 2.57. The number of halogens is 4. The molecule has 1 N–H and O–H groups in total. The topological polar surface area (TPSA) is 106 Å². The molecular formula is C31H25ClF3N5O3. The van der Waals surface area contributed by atoms with Crippen LogP contribution in [0.5, 0.6) is 0 Å². The van der Waals surface area contributed by atoms with E-state index in [0.29, 0.717) is 12.0 Å². The second-order valence-corrected chi connectivity index (χ2v) is 11.5. The number of aryl methyl sites for hydroxylation is 1. The number of anilines is 2. The maximum atomic E-state index is 15.0. The molecule has 0 spiro atoms. The number of nitrogens with zero attached hydrogens (tertiary/aromatic N) is 4. The number of carbonyl (C=O) groups is 3. The second kappa shape index (κ2) is 10.7. The minimum atomic E-state index is -2.90. The Morgan fingerprint density at radius 2 is 1.88 bits per heavy atom. The molecule has 3 aromatic rings. The molecule has 1 saturated heterocycles. The number of fused-ring (bicyclic) bond motifs is 1. The van der Waals surface area contributed by atoms with E-state index in [4.69, 9.17) is 11.6 Å². The van der Waals surface area contributed by atoms with Gasteiger partial charge in [0.15, 0.2) is 5.54 Å². The van der Waals surface area contributed by atoms with E-state index in [1.54, 1.807) is 18.2 Å². The standard InChI is InChI=1S/C31H25ClF3N5O3/c32-23-6-5-21(14-24(23)33)40(28(42)25-7-8-27(41)39(25)26-13-18(17-36)10-12-37-26)31(11-9-19-3-1-2-4-22(19)31)29(43)38-20-15-30(34,35)16-20/h1-6,10,12-14,20,25H,7-9,11,15-16H2,(H,38,43)/t25-,31+/m0/s1. The molecule has 0 radical (unpaired) electrons. The first-order chi connectivity index (χ1) is 20.5. The fourth-order valence-electron chi connectivity index (χ4n) is 6.36. The van der Waals surface area contributed by atoms with Crippen LogP contribution >= 0.6 is 11.6 Å². The molecule has 1 aliphatic heterocycles. The largest absolute Gasteiger partial charge is 0.351 e. The molecular weight excluding hydrogens is 583 g/mol. The Bertz CT molecular complexity index is 1690. The van der Waals surface area contributed by atoms with Crippen LogP contribution in [0.25, 0.3) is 0 Å². The van der Waals surface area contributed by atoms with Crippen LogP contribution in [0, 0.1) is 17.1 Å². The van der Waals surface area contributed by atoms with Gasteiger partial charge in [-0.3, -0.25) is 24.2 Å². The zero-order chi connectivity index (χ0) is 30.5. The number of nitrogens with one attached hydrogen (secondary N) is 1. The van der Waals surface area contributed by atoms with Crippen molar-refractivity contribution in [2.24, 2.45) is 0 Å². The van der Waals surface area contributed by atoms with Crippen molar-refractivity contribution in [2.75, 3.05) is 9.80 Å². The molecule has 43 heavy (non-hydrogen) atoms. The van der Waals surface area contributed by atoms with Gasteiger partial charge in [0, 0.05) is 37.2 Å². The number of hydrogen-bond donors (Lipinski definition) is 1. The molecule has 2 heterocycles. The second-order valence-electron chi connectivity index (χ2n) is 11.1. The fraction of sp³-hybridized carbons (Fsp3) is 0.323. The average molecular weight is 608 g/mol. The summed E-state index contributed by atoms with van der Waals surface area (Å²) in [5, 5.41) is 11.9. The first-order valence-corrected chi connectivity index (χ1v) is 14.2. The predicted octanol–water partition coefficient (Wildman–Crippen LogP) is 5.03. The minimum Gasteiger partial charge on any atom is -0.351 e. The van der Waals surface area contributed by atoms with Gasteiger partial charge in [-0.25, -0.2) is 18.2 Å². The molecule has 12 heteroatoms. The van der Waals surface area contributed by atoms with Gasteiger partial charge in [0.25, 0.3) is 17.7 Å². The molecule has 2 aromatic carbocycles. The van der Waals surface area contributed by atoms with Gasteiger partial charge >= 0.3 is 0 Å². The highest BCUT2D eigenvalue weighted by atomic mass is 35.5. The molecule has 0 unspecified atom stereocenters. The first-order valence-electron chi connectivity index (χ1n) is 13.8. The molecule has 220 valence electrons. The summed E-state index contributed by atoms with van der Waals surface area (Å²) in [6, 6.07) is 13.6. The van der Waals surface area contributed by atoms with Crippen molar-refractivity contribution in [3.63, 3.8) is 0 Å². The van der Waals surface area contributed by atoms with Gasteiger partial charge in [-0.05, 0) is 60.7 Å². The molecule has 8 nitrogen and oxygen atoms in total. The SMILES string of the molecule is N#Cc1ccnc(N2C(=O)CC[C@H]2C(=O)N(c2ccc(Cl)c(F)c2)[C@]2(C(=O)NC3CC(F)(F)C3)CCc3ccccc32)c1. The van der Waals surface area contributed by atoms with E-state index in [1.807, 2.05) is 12.1 Å². The zero-order valence-electron chi connectivity index (χ0n) is 22.7. The lowest BCUT2D eigenvalue weighted by molar-refractivity contribution is -0.137. The van der Waals surface area contributed by atoms with Crippen molar-refractivity contribution in [2.45, 2.75) is 62.1 Å². The molecule has 0 bridgehead atoms. The quantitative estimate of drug-likeness (QED) is 0.423. The number of hydrogen-bond acceptors (Lipinski definition) is 5. The molecule has 2 atom stereocenters. The maximum Gasteiger partial charge on any atom is 0.252 e. The predicted molar refractivity (Wildman–Crippen MR) is 151 cm³/mol. The van der Waals surface area contributed by atoms with E-state index in [0.717, 1.165) is 11.6 Å². The van der Waals surface area contributed by atoms with Crippen LogP contribution in [0.1, 0.15) is 48.8 Å². The van der Waals surface area contributed by atoms with Crippen LogP contribution in [0.4, 0.5) is 24.7 Å². The van der Waals surface area contributed by atoms with Gasteiger partial charge in [0.05, 0.1) is 16.7 Å². The Balaban J connectivity index is 1.50. The van der Waals surface area contributed by atoms with Crippen LogP contribution in [0.3, 0.4) is 0 Å². The summed E-state index contributed by atoms with van der Waals surface area (Å²) < 4.78 is 42.5. The van der Waals surface area contributed by atoms with Crippen molar-refractivity contribution < 1.29 is 27.6 Å². The first kappa shape index (κ1) is 28.7. The van der Waals surface area contributed by atoms with Crippen LogP contribution in [0.2, 0.25) is 5.02 Å². The summed E-state index contributed by atoms with van der Waals surface area (Å²) in [7, 11) is 0. The Morgan fingerprint density at radius 3 is 2.60 bits per heavy atom. The van der Waals surface area contributed by atoms with E-state index in [-0.39, 0.29) is 41.4 Å². The number of alkyl halides is 2. The Hall–Kier alpha value is -4.43. The molecule has 1 aromatic heterocycles. The third-order valence-corrected chi connectivity index (χ3v) is 8.71. The van der Waals surface area contributed by atoms with E-state index in [9.17, 15) is 32.8 Å². The van der Waals surface area contributed by atoms with Gasteiger partial charge in [0.2, 0.25) is 5.91 Å². The number of nitriles is 1. The Labute approximate surface area is 250 Å². The van der Waals surface area contributed by atoms with Crippen LogP contribution in [-0.2, 0) is 26.3 Å². The summed E-state index contributed by atoms with van der Waals surface area (Å²) in [6.07, 6.45) is 0.798. The summed E-state index contributed by atoms with van der Waals surface area (Å²) in [5.41, 5.74) is -0.270. The third-order valence-electron chi connectivity index (χ3n) is 8.40. The molecule has 6 rings (SSSR count). The molecule has 2 fully saturated rings. The van der Waals surface area contributed by atoms with Gasteiger partial charge in [0.1, 0.15) is 17.7 Å². The smallest absolute Gasteiger partial charge is 0.252 e. The molecule has 3 amide bonds. The van der Waals surface area contributed by atoms with Crippen molar-refractivity contribution >= 4 is 40.8 Å². The highest BCUT2D eigenvalue weighted by molar-refractivity contribution is 6.30. The molecule has 2 aliphatic carbocycles. The third kappa shape index (κ3) is 4.89. The number of pyridine rings is 1. The normalized spacial score (nSPS) is 22.4.